The van der Waals surface area contributed by atoms with E-state index >= 15 is 0 Å². The minimum Gasteiger partial charge on any atom is -0.329 e. The summed E-state index contributed by atoms with van der Waals surface area (Å²) in [4.78, 5) is 4.91. The van der Waals surface area contributed by atoms with Gasteiger partial charge in [-0.05, 0) is 36.1 Å². The molecule has 1 unspecified atom stereocenters. The second-order valence-corrected chi connectivity index (χ2v) is 6.48. The molecule has 1 aromatic carbocycles. The summed E-state index contributed by atoms with van der Waals surface area (Å²) in [5, 5.41) is 0. The first kappa shape index (κ1) is 16.4. The topological polar surface area (TPSA) is 32.5 Å². The number of nitrogens with two attached hydrogens (primary N) is 1. The minimum atomic E-state index is -0.174. The van der Waals surface area contributed by atoms with Gasteiger partial charge in [-0.2, -0.15) is 0 Å². The van der Waals surface area contributed by atoms with Crippen molar-refractivity contribution in [1.29, 1.82) is 0 Å². The molecule has 4 heteroatoms. The Kier molecular flexibility index (Phi) is 5.73. The number of aryl methyl sites for hydroxylation is 1. The van der Waals surface area contributed by atoms with Crippen molar-refractivity contribution in [2.24, 2.45) is 11.7 Å². The molecule has 2 rings (SSSR count). The van der Waals surface area contributed by atoms with E-state index in [1.165, 1.54) is 6.07 Å². The van der Waals surface area contributed by atoms with E-state index in [-0.39, 0.29) is 11.9 Å². The second kappa shape index (κ2) is 7.34. The molecule has 1 aliphatic rings. The maximum absolute atomic E-state index is 13.5. The molecule has 3 nitrogen and oxygen atoms in total. The first-order valence-corrected chi connectivity index (χ1v) is 7.93. The molecule has 1 atom stereocenters. The van der Waals surface area contributed by atoms with Gasteiger partial charge in [0, 0.05) is 45.3 Å². The Morgan fingerprint density at radius 3 is 2.43 bits per heavy atom. The van der Waals surface area contributed by atoms with Gasteiger partial charge in [-0.1, -0.05) is 19.9 Å². The second-order valence-electron chi connectivity index (χ2n) is 6.48. The summed E-state index contributed by atoms with van der Waals surface area (Å²) in [7, 11) is 0. The van der Waals surface area contributed by atoms with Gasteiger partial charge < -0.3 is 10.6 Å². The molecule has 1 aromatic rings. The standard InChI is InChI=1S/C17H28FN3/c1-13(2)12-20-6-8-21(9-7-20)17(11-19)16-10-15(18)5-4-14(16)3/h4-5,10,13,17H,6-9,11-12,19H2,1-3H3. The lowest BCUT2D eigenvalue weighted by Gasteiger charge is -2.40. The quantitative estimate of drug-likeness (QED) is 0.905. The highest BCUT2D eigenvalue weighted by molar-refractivity contribution is 5.30. The Hall–Kier alpha value is -0.970. The van der Waals surface area contributed by atoms with Crippen LogP contribution < -0.4 is 5.73 Å². The molecule has 21 heavy (non-hydrogen) atoms. The van der Waals surface area contributed by atoms with Gasteiger partial charge in [-0.3, -0.25) is 4.90 Å². The lowest BCUT2D eigenvalue weighted by atomic mass is 9.99. The van der Waals surface area contributed by atoms with Crippen molar-refractivity contribution in [3.05, 3.63) is 35.1 Å². The summed E-state index contributed by atoms with van der Waals surface area (Å²) in [5.74, 6) is 0.528. The van der Waals surface area contributed by atoms with Gasteiger partial charge in [0.1, 0.15) is 5.82 Å². The van der Waals surface area contributed by atoms with E-state index in [1.54, 1.807) is 6.07 Å². The van der Waals surface area contributed by atoms with E-state index in [0.717, 1.165) is 43.9 Å². The molecular weight excluding hydrogens is 265 g/mol. The van der Waals surface area contributed by atoms with Gasteiger partial charge in [-0.15, -0.1) is 0 Å². The molecule has 118 valence electrons. The van der Waals surface area contributed by atoms with Crippen molar-refractivity contribution in [2.75, 3.05) is 39.3 Å². The fourth-order valence-corrected chi connectivity index (χ4v) is 3.22. The summed E-state index contributed by atoms with van der Waals surface area (Å²) >= 11 is 0. The fraction of sp³-hybridized carbons (Fsp3) is 0.647. The molecule has 0 amide bonds. The van der Waals surface area contributed by atoms with Crippen molar-refractivity contribution >= 4 is 0 Å². The highest BCUT2D eigenvalue weighted by Gasteiger charge is 2.25. The number of hydrogen-bond donors (Lipinski definition) is 1. The molecule has 1 aliphatic heterocycles. The van der Waals surface area contributed by atoms with Gasteiger partial charge in [0.15, 0.2) is 0 Å². The van der Waals surface area contributed by atoms with Crippen LogP contribution in [0.5, 0.6) is 0 Å². The van der Waals surface area contributed by atoms with Crippen LogP contribution in [0.25, 0.3) is 0 Å². The SMILES string of the molecule is Cc1ccc(F)cc1C(CN)N1CCN(CC(C)C)CC1. The number of hydrogen-bond acceptors (Lipinski definition) is 3. The first-order valence-electron chi connectivity index (χ1n) is 7.93. The smallest absolute Gasteiger partial charge is 0.123 e. The maximum atomic E-state index is 13.5. The summed E-state index contributed by atoms with van der Waals surface area (Å²) < 4.78 is 13.5. The lowest BCUT2D eigenvalue weighted by Crippen LogP contribution is -2.49. The Morgan fingerprint density at radius 1 is 1.19 bits per heavy atom. The highest BCUT2D eigenvalue weighted by atomic mass is 19.1. The molecular formula is C17H28FN3. The van der Waals surface area contributed by atoms with E-state index in [1.807, 2.05) is 13.0 Å². The molecule has 2 N–H and O–H groups in total. The van der Waals surface area contributed by atoms with Crippen molar-refractivity contribution in [3.8, 4) is 0 Å². The van der Waals surface area contributed by atoms with Crippen LogP contribution in [0.3, 0.4) is 0 Å². The van der Waals surface area contributed by atoms with Crippen LogP contribution in [0.15, 0.2) is 18.2 Å². The van der Waals surface area contributed by atoms with Crippen LogP contribution in [0.2, 0.25) is 0 Å². The van der Waals surface area contributed by atoms with Crippen LogP contribution in [0.1, 0.15) is 31.0 Å². The maximum Gasteiger partial charge on any atom is 0.123 e. The molecule has 0 spiro atoms. The van der Waals surface area contributed by atoms with E-state index in [9.17, 15) is 4.39 Å². The Bertz CT molecular complexity index is 453. The number of rotatable bonds is 5. The fourth-order valence-electron chi connectivity index (χ4n) is 3.22. The van der Waals surface area contributed by atoms with Crippen LogP contribution in [-0.4, -0.2) is 49.1 Å². The van der Waals surface area contributed by atoms with E-state index in [2.05, 4.69) is 23.6 Å². The summed E-state index contributed by atoms with van der Waals surface area (Å²) in [5.41, 5.74) is 8.15. The van der Waals surface area contributed by atoms with E-state index in [0.29, 0.717) is 12.5 Å². The number of halogens is 1. The number of nitrogens with zero attached hydrogens (tertiary/aromatic N) is 2. The zero-order valence-corrected chi connectivity index (χ0v) is 13.5. The predicted molar refractivity (Wildman–Crippen MR) is 85.8 cm³/mol. The third kappa shape index (κ3) is 4.25. The Morgan fingerprint density at radius 2 is 1.86 bits per heavy atom. The number of benzene rings is 1. The first-order chi connectivity index (χ1) is 10.0. The molecule has 0 aromatic heterocycles. The molecule has 0 aliphatic carbocycles. The summed E-state index contributed by atoms with van der Waals surface area (Å²) in [6.45, 7) is 12.4. The van der Waals surface area contributed by atoms with Crippen molar-refractivity contribution in [2.45, 2.75) is 26.8 Å². The average molecular weight is 293 g/mol. The van der Waals surface area contributed by atoms with Crippen LogP contribution in [0.4, 0.5) is 4.39 Å². The molecule has 0 bridgehead atoms. The summed E-state index contributed by atoms with van der Waals surface area (Å²) in [6.07, 6.45) is 0. The Labute approximate surface area is 127 Å². The molecule has 0 radical (unpaired) electrons. The molecule has 0 saturated carbocycles. The lowest BCUT2D eigenvalue weighted by molar-refractivity contribution is 0.0909. The number of piperazine rings is 1. The van der Waals surface area contributed by atoms with Crippen molar-refractivity contribution in [1.82, 2.24) is 9.80 Å². The van der Waals surface area contributed by atoms with Crippen LogP contribution >= 0.6 is 0 Å². The molecule has 1 heterocycles. The molecule has 1 fully saturated rings. The highest BCUT2D eigenvalue weighted by Crippen LogP contribution is 2.25. The van der Waals surface area contributed by atoms with Gasteiger partial charge in [0.25, 0.3) is 0 Å². The van der Waals surface area contributed by atoms with Gasteiger partial charge in [-0.25, -0.2) is 4.39 Å². The normalized spacial score (nSPS) is 19.1. The van der Waals surface area contributed by atoms with Crippen LogP contribution in [-0.2, 0) is 0 Å². The predicted octanol–water partition coefficient (Wildman–Crippen LogP) is 2.41. The van der Waals surface area contributed by atoms with E-state index < -0.39 is 0 Å². The minimum absolute atomic E-state index is 0.127. The third-order valence-corrected chi connectivity index (χ3v) is 4.29. The Balaban J connectivity index is 2.04. The zero-order chi connectivity index (χ0) is 15.4. The summed E-state index contributed by atoms with van der Waals surface area (Å²) in [6, 6.07) is 5.14. The third-order valence-electron chi connectivity index (χ3n) is 4.29. The molecule has 1 saturated heterocycles. The average Bonchev–Trinajstić information content (AvgIpc) is 2.44. The van der Waals surface area contributed by atoms with Crippen molar-refractivity contribution in [3.63, 3.8) is 0 Å². The van der Waals surface area contributed by atoms with E-state index in [4.69, 9.17) is 5.73 Å². The van der Waals surface area contributed by atoms with Gasteiger partial charge in [0.05, 0.1) is 0 Å². The van der Waals surface area contributed by atoms with Gasteiger partial charge >= 0.3 is 0 Å². The van der Waals surface area contributed by atoms with Gasteiger partial charge in [0.2, 0.25) is 0 Å². The largest absolute Gasteiger partial charge is 0.329 e. The monoisotopic (exact) mass is 293 g/mol. The van der Waals surface area contributed by atoms with Crippen molar-refractivity contribution < 1.29 is 4.39 Å². The zero-order valence-electron chi connectivity index (χ0n) is 13.5. The van der Waals surface area contributed by atoms with Crippen LogP contribution in [0, 0.1) is 18.7 Å².